The van der Waals surface area contributed by atoms with Gasteiger partial charge in [0.15, 0.2) is 0 Å². The molecule has 29 heavy (non-hydrogen) atoms. The van der Waals surface area contributed by atoms with E-state index in [0.717, 1.165) is 12.8 Å². The number of carboxylic acid groups (broad SMARTS) is 1. The van der Waals surface area contributed by atoms with Crippen LogP contribution in [0.15, 0.2) is 59.6 Å². The highest BCUT2D eigenvalue weighted by Gasteiger charge is 2.33. The van der Waals surface area contributed by atoms with Crippen molar-refractivity contribution < 1.29 is 23.1 Å². The lowest BCUT2D eigenvalue weighted by Gasteiger charge is -2.12. The van der Waals surface area contributed by atoms with Gasteiger partial charge in [0.25, 0.3) is 10.0 Å². The van der Waals surface area contributed by atoms with Crippen LogP contribution in [0.25, 0.3) is 5.69 Å². The highest BCUT2D eigenvalue weighted by Crippen LogP contribution is 2.42. The summed E-state index contributed by atoms with van der Waals surface area (Å²) in [7, 11) is -2.35. The average molecular weight is 413 g/mol. The van der Waals surface area contributed by atoms with Gasteiger partial charge in [-0.2, -0.15) is 5.10 Å². The predicted molar refractivity (Wildman–Crippen MR) is 106 cm³/mol. The van der Waals surface area contributed by atoms with Gasteiger partial charge in [-0.25, -0.2) is 17.9 Å². The Balaban J connectivity index is 1.67. The molecule has 3 aromatic rings. The molecule has 4 rings (SSSR count). The lowest BCUT2D eigenvalue weighted by Crippen LogP contribution is -2.13. The number of hydrogen-bond donors (Lipinski definition) is 2. The SMILES string of the molecule is COc1cccc(S(=O)(=O)Nc2cccc(-n3ncc(C(=O)O)c3C3CC3)c2)c1. The summed E-state index contributed by atoms with van der Waals surface area (Å²) >= 11 is 0. The molecule has 1 aliphatic carbocycles. The number of benzene rings is 2. The highest BCUT2D eigenvalue weighted by atomic mass is 32.2. The molecule has 0 aliphatic heterocycles. The van der Waals surface area contributed by atoms with Crippen LogP contribution in [-0.2, 0) is 10.0 Å². The van der Waals surface area contributed by atoms with E-state index in [-0.39, 0.29) is 16.4 Å². The molecule has 1 saturated carbocycles. The molecule has 0 amide bonds. The number of nitrogens with one attached hydrogen (secondary N) is 1. The number of carbonyl (C=O) groups is 1. The number of aromatic carboxylic acids is 1. The van der Waals surface area contributed by atoms with E-state index in [4.69, 9.17) is 4.74 Å². The summed E-state index contributed by atoms with van der Waals surface area (Å²) in [6, 6.07) is 12.9. The Morgan fingerprint density at radius 2 is 1.97 bits per heavy atom. The van der Waals surface area contributed by atoms with Gasteiger partial charge in [0.1, 0.15) is 11.3 Å². The second kappa shape index (κ2) is 7.25. The minimum atomic E-state index is -3.82. The Morgan fingerprint density at radius 3 is 2.66 bits per heavy atom. The number of methoxy groups -OCH3 is 1. The molecule has 1 aromatic heterocycles. The molecule has 150 valence electrons. The smallest absolute Gasteiger partial charge is 0.339 e. The number of rotatable bonds is 7. The van der Waals surface area contributed by atoms with Crippen LogP contribution < -0.4 is 9.46 Å². The van der Waals surface area contributed by atoms with Gasteiger partial charge in [-0.3, -0.25) is 4.72 Å². The summed E-state index contributed by atoms with van der Waals surface area (Å²) in [5, 5.41) is 13.7. The third-order valence-electron chi connectivity index (χ3n) is 4.70. The summed E-state index contributed by atoms with van der Waals surface area (Å²) < 4.78 is 34.7. The Kier molecular flexibility index (Phi) is 4.75. The zero-order valence-corrected chi connectivity index (χ0v) is 16.4. The molecule has 0 radical (unpaired) electrons. The van der Waals surface area contributed by atoms with Crippen molar-refractivity contribution in [3.05, 3.63) is 66.0 Å². The summed E-state index contributed by atoms with van der Waals surface area (Å²) in [5.74, 6) is -0.429. The number of anilines is 1. The molecule has 9 heteroatoms. The number of aromatic nitrogens is 2. The van der Waals surface area contributed by atoms with Crippen molar-refractivity contribution in [1.29, 1.82) is 0 Å². The van der Waals surface area contributed by atoms with Gasteiger partial charge in [-0.15, -0.1) is 0 Å². The maximum absolute atomic E-state index is 12.7. The quantitative estimate of drug-likeness (QED) is 0.615. The Labute approximate surface area is 167 Å². The summed E-state index contributed by atoms with van der Waals surface area (Å²) in [6.45, 7) is 0. The zero-order valence-electron chi connectivity index (χ0n) is 15.6. The molecule has 0 spiro atoms. The molecule has 2 aromatic carbocycles. The third-order valence-corrected chi connectivity index (χ3v) is 6.07. The molecule has 8 nitrogen and oxygen atoms in total. The lowest BCUT2D eigenvalue weighted by atomic mass is 10.1. The molecule has 0 unspecified atom stereocenters. The first-order chi connectivity index (χ1) is 13.9. The van der Waals surface area contributed by atoms with Crippen LogP contribution in [0.3, 0.4) is 0 Å². The van der Waals surface area contributed by atoms with Crippen LogP contribution in [0, 0.1) is 0 Å². The molecular weight excluding hydrogens is 394 g/mol. The normalized spacial score (nSPS) is 13.8. The lowest BCUT2D eigenvalue weighted by molar-refractivity contribution is 0.0695. The van der Waals surface area contributed by atoms with Crippen molar-refractivity contribution in [3.8, 4) is 11.4 Å². The average Bonchev–Trinajstić information content (AvgIpc) is 3.45. The Bertz CT molecular complexity index is 1180. The molecule has 1 fully saturated rings. The first kappa shape index (κ1) is 19.0. The first-order valence-electron chi connectivity index (χ1n) is 8.97. The van der Waals surface area contributed by atoms with Gasteiger partial charge in [0, 0.05) is 12.0 Å². The highest BCUT2D eigenvalue weighted by molar-refractivity contribution is 7.92. The summed E-state index contributed by atoms with van der Waals surface area (Å²) in [4.78, 5) is 11.6. The van der Waals surface area contributed by atoms with E-state index < -0.39 is 16.0 Å². The summed E-state index contributed by atoms with van der Waals surface area (Å²) in [6.07, 6.45) is 3.16. The molecule has 1 aliphatic rings. The minimum Gasteiger partial charge on any atom is -0.497 e. The van der Waals surface area contributed by atoms with E-state index in [2.05, 4.69) is 9.82 Å². The van der Waals surface area contributed by atoms with Gasteiger partial charge in [0.2, 0.25) is 0 Å². The molecule has 0 bridgehead atoms. The van der Waals surface area contributed by atoms with Gasteiger partial charge < -0.3 is 9.84 Å². The van der Waals surface area contributed by atoms with Gasteiger partial charge in [0.05, 0.1) is 35.3 Å². The topological polar surface area (TPSA) is 111 Å². The second-order valence-corrected chi connectivity index (χ2v) is 8.45. The van der Waals surface area contributed by atoms with Crippen molar-refractivity contribution in [3.63, 3.8) is 0 Å². The van der Waals surface area contributed by atoms with Gasteiger partial charge >= 0.3 is 5.97 Å². The van der Waals surface area contributed by atoms with E-state index in [1.165, 1.54) is 25.4 Å². The molecule has 0 saturated heterocycles. The maximum atomic E-state index is 12.7. The fraction of sp³-hybridized carbons (Fsp3) is 0.200. The first-order valence-corrected chi connectivity index (χ1v) is 10.5. The monoisotopic (exact) mass is 413 g/mol. The number of ether oxygens (including phenoxy) is 1. The van der Waals surface area contributed by atoms with E-state index in [0.29, 0.717) is 22.8 Å². The van der Waals surface area contributed by atoms with Crippen LogP contribution in [0.5, 0.6) is 5.75 Å². The predicted octanol–water partition coefficient (Wildman–Crippen LogP) is 3.26. The zero-order chi connectivity index (χ0) is 20.6. The van der Waals surface area contributed by atoms with Crippen LogP contribution >= 0.6 is 0 Å². The second-order valence-electron chi connectivity index (χ2n) is 6.77. The van der Waals surface area contributed by atoms with Crippen LogP contribution in [0.4, 0.5) is 5.69 Å². The molecular formula is C20H19N3O5S. The van der Waals surface area contributed by atoms with Crippen LogP contribution in [0.2, 0.25) is 0 Å². The van der Waals surface area contributed by atoms with E-state index in [1.807, 2.05) is 0 Å². The Hall–Kier alpha value is -3.33. The number of hydrogen-bond acceptors (Lipinski definition) is 5. The Morgan fingerprint density at radius 1 is 1.21 bits per heavy atom. The van der Waals surface area contributed by atoms with E-state index >= 15 is 0 Å². The van der Waals surface area contributed by atoms with Crippen LogP contribution in [-0.4, -0.2) is 36.4 Å². The fourth-order valence-corrected chi connectivity index (χ4v) is 4.25. The number of carboxylic acids is 1. The maximum Gasteiger partial charge on any atom is 0.339 e. The molecule has 0 atom stereocenters. The standard InChI is InChI=1S/C20H19N3O5S/c1-28-16-6-3-7-17(11-16)29(26,27)22-14-4-2-5-15(10-14)23-19(13-8-9-13)18(12-21-23)20(24)25/h2-7,10-13,22H,8-9H2,1H3,(H,24,25). The largest absolute Gasteiger partial charge is 0.497 e. The number of nitrogens with zero attached hydrogens (tertiary/aromatic N) is 2. The van der Waals surface area contributed by atoms with Crippen molar-refractivity contribution >= 4 is 21.7 Å². The van der Waals surface area contributed by atoms with Gasteiger partial charge in [-0.05, 0) is 43.2 Å². The van der Waals surface area contributed by atoms with E-state index in [9.17, 15) is 18.3 Å². The van der Waals surface area contributed by atoms with Crippen molar-refractivity contribution in [2.75, 3.05) is 11.8 Å². The van der Waals surface area contributed by atoms with Crippen molar-refractivity contribution in [2.45, 2.75) is 23.7 Å². The van der Waals surface area contributed by atoms with Gasteiger partial charge in [-0.1, -0.05) is 12.1 Å². The molecule has 2 N–H and O–H groups in total. The minimum absolute atomic E-state index is 0.0770. The van der Waals surface area contributed by atoms with Crippen LogP contribution in [0.1, 0.15) is 34.8 Å². The van der Waals surface area contributed by atoms with Crippen molar-refractivity contribution in [2.24, 2.45) is 0 Å². The van der Waals surface area contributed by atoms with E-state index in [1.54, 1.807) is 41.1 Å². The third kappa shape index (κ3) is 3.81. The fourth-order valence-electron chi connectivity index (χ4n) is 3.16. The number of sulfonamides is 1. The van der Waals surface area contributed by atoms with Crippen molar-refractivity contribution in [1.82, 2.24) is 9.78 Å². The summed E-state index contributed by atoms with van der Waals surface area (Å²) in [5.41, 5.74) is 1.75. The molecule has 1 heterocycles.